The van der Waals surface area contributed by atoms with Crippen molar-refractivity contribution >= 4 is 27.5 Å². The van der Waals surface area contributed by atoms with Gasteiger partial charge in [0.25, 0.3) is 5.56 Å². The van der Waals surface area contributed by atoms with Gasteiger partial charge in [-0.05, 0) is 49.8 Å². The second kappa shape index (κ2) is 7.51. The zero-order valence-corrected chi connectivity index (χ0v) is 17.3. The number of ether oxygens (including phenoxy) is 2. The zero-order valence-electron chi connectivity index (χ0n) is 16.4. The number of nitrogens with zero attached hydrogens (tertiary/aromatic N) is 1. The van der Waals surface area contributed by atoms with Crippen LogP contribution in [0.15, 0.2) is 23.0 Å². The number of aromatic nitrogens is 2. The summed E-state index contributed by atoms with van der Waals surface area (Å²) >= 11 is 1.55. The fourth-order valence-corrected chi connectivity index (χ4v) is 5.04. The Morgan fingerprint density at radius 3 is 2.93 bits per heavy atom. The average molecular weight is 414 g/mol. The largest absolute Gasteiger partial charge is 0.507 e. The van der Waals surface area contributed by atoms with Crippen LogP contribution in [0.5, 0.6) is 11.5 Å². The number of phenols is 1. The molecule has 1 aliphatic rings. The van der Waals surface area contributed by atoms with E-state index in [0.717, 1.165) is 24.8 Å². The number of carbonyl (C=O) groups is 1. The first-order valence-corrected chi connectivity index (χ1v) is 10.3. The summed E-state index contributed by atoms with van der Waals surface area (Å²) in [7, 11) is 1.47. The quantitative estimate of drug-likeness (QED) is 0.631. The molecule has 29 heavy (non-hydrogen) atoms. The van der Waals surface area contributed by atoms with Crippen molar-refractivity contribution < 1.29 is 19.4 Å². The van der Waals surface area contributed by atoms with Crippen molar-refractivity contribution in [2.75, 3.05) is 7.11 Å². The number of hydrogen-bond donors (Lipinski definition) is 2. The summed E-state index contributed by atoms with van der Waals surface area (Å²) in [6, 6.07) is 4.33. The second-order valence-corrected chi connectivity index (χ2v) is 8.50. The first-order valence-electron chi connectivity index (χ1n) is 9.49. The highest BCUT2D eigenvalue weighted by Crippen LogP contribution is 2.36. The summed E-state index contributed by atoms with van der Waals surface area (Å²) < 4.78 is 10.4. The molecular weight excluding hydrogens is 392 g/mol. The van der Waals surface area contributed by atoms with Crippen molar-refractivity contribution in [1.29, 1.82) is 0 Å². The van der Waals surface area contributed by atoms with Crippen molar-refractivity contribution in [3.05, 3.63) is 50.4 Å². The molecule has 2 aromatic heterocycles. The van der Waals surface area contributed by atoms with Gasteiger partial charge in [-0.3, -0.25) is 4.79 Å². The molecular formula is C21H22N2O5S. The summed E-state index contributed by atoms with van der Waals surface area (Å²) in [6.07, 6.45) is 2.15. The van der Waals surface area contributed by atoms with E-state index >= 15 is 0 Å². The van der Waals surface area contributed by atoms with Gasteiger partial charge in [0.05, 0.1) is 12.5 Å². The minimum Gasteiger partial charge on any atom is -0.507 e. The molecule has 0 spiro atoms. The number of fused-ring (bicyclic) bond motifs is 3. The van der Waals surface area contributed by atoms with Gasteiger partial charge >= 0.3 is 5.97 Å². The van der Waals surface area contributed by atoms with E-state index in [4.69, 9.17) is 9.47 Å². The molecule has 0 fully saturated rings. The fraction of sp³-hybridized carbons (Fsp3) is 0.381. The van der Waals surface area contributed by atoms with E-state index in [1.165, 1.54) is 24.1 Å². The summed E-state index contributed by atoms with van der Waals surface area (Å²) in [4.78, 5) is 34.4. The number of thiophene rings is 1. The SMILES string of the molecule is COc1ccc(C(=O)O[C@@H](C)c2nc3sc4c(c3c(=O)[nH]2)CC[C@H](C)C4)c(O)c1. The lowest BCUT2D eigenvalue weighted by Crippen LogP contribution is -2.18. The lowest BCUT2D eigenvalue weighted by molar-refractivity contribution is 0.0317. The van der Waals surface area contributed by atoms with Crippen molar-refractivity contribution in [2.45, 2.75) is 39.2 Å². The normalized spacial score (nSPS) is 17.0. The number of rotatable bonds is 4. The summed E-state index contributed by atoms with van der Waals surface area (Å²) in [5.41, 5.74) is 0.921. The molecule has 0 saturated heterocycles. The molecule has 1 aliphatic carbocycles. The van der Waals surface area contributed by atoms with E-state index in [1.54, 1.807) is 24.3 Å². The van der Waals surface area contributed by atoms with Crippen LogP contribution in [0.3, 0.4) is 0 Å². The molecule has 2 atom stereocenters. The van der Waals surface area contributed by atoms with Crippen molar-refractivity contribution in [3.63, 3.8) is 0 Å². The molecule has 3 aromatic rings. The number of esters is 1. The van der Waals surface area contributed by atoms with E-state index in [-0.39, 0.29) is 22.7 Å². The number of aromatic amines is 1. The Bertz CT molecular complexity index is 1150. The molecule has 0 saturated carbocycles. The Kier molecular flexibility index (Phi) is 5.04. The van der Waals surface area contributed by atoms with E-state index in [1.807, 2.05) is 0 Å². The van der Waals surface area contributed by atoms with E-state index in [0.29, 0.717) is 21.9 Å². The van der Waals surface area contributed by atoms with Gasteiger partial charge < -0.3 is 19.6 Å². The minimum absolute atomic E-state index is 0.0154. The number of benzene rings is 1. The fourth-order valence-electron chi connectivity index (χ4n) is 3.65. The van der Waals surface area contributed by atoms with Gasteiger partial charge in [-0.25, -0.2) is 9.78 Å². The topological polar surface area (TPSA) is 102 Å². The zero-order chi connectivity index (χ0) is 20.7. The van der Waals surface area contributed by atoms with Crippen LogP contribution in [-0.4, -0.2) is 28.2 Å². The van der Waals surface area contributed by atoms with Gasteiger partial charge in [0.2, 0.25) is 0 Å². The Morgan fingerprint density at radius 2 is 2.21 bits per heavy atom. The molecule has 0 amide bonds. The maximum atomic E-state index is 12.7. The van der Waals surface area contributed by atoms with Crippen LogP contribution in [0.25, 0.3) is 10.2 Å². The predicted octanol–water partition coefficient (Wildman–Crippen LogP) is 3.74. The average Bonchev–Trinajstić information content (AvgIpc) is 3.05. The Hall–Kier alpha value is -2.87. The Morgan fingerprint density at radius 1 is 1.41 bits per heavy atom. The molecule has 4 rings (SSSR count). The maximum absolute atomic E-state index is 12.7. The molecule has 0 bridgehead atoms. The monoisotopic (exact) mass is 414 g/mol. The molecule has 0 unspecified atom stereocenters. The Labute approximate surface area is 171 Å². The number of hydrogen-bond acceptors (Lipinski definition) is 7. The van der Waals surface area contributed by atoms with Gasteiger partial charge in [0.15, 0.2) is 11.9 Å². The molecule has 0 radical (unpaired) electrons. The van der Waals surface area contributed by atoms with Crippen LogP contribution in [0.1, 0.15) is 53.0 Å². The van der Waals surface area contributed by atoms with Gasteiger partial charge in [-0.2, -0.15) is 0 Å². The molecule has 1 aromatic carbocycles. The van der Waals surface area contributed by atoms with E-state index in [9.17, 15) is 14.7 Å². The maximum Gasteiger partial charge on any atom is 0.342 e. The Balaban J connectivity index is 1.61. The number of methoxy groups -OCH3 is 1. The van der Waals surface area contributed by atoms with Crippen LogP contribution in [0, 0.1) is 5.92 Å². The lowest BCUT2D eigenvalue weighted by Gasteiger charge is -2.17. The second-order valence-electron chi connectivity index (χ2n) is 7.41. The highest BCUT2D eigenvalue weighted by Gasteiger charge is 2.25. The summed E-state index contributed by atoms with van der Waals surface area (Å²) in [5, 5.41) is 10.7. The number of phenolic OH excluding ortho intramolecular Hbond substituents is 1. The molecule has 152 valence electrons. The summed E-state index contributed by atoms with van der Waals surface area (Å²) in [5.74, 6) is 0.374. The minimum atomic E-state index is -0.779. The molecule has 8 heteroatoms. The molecule has 7 nitrogen and oxygen atoms in total. The number of aryl methyl sites for hydroxylation is 1. The van der Waals surface area contributed by atoms with Crippen LogP contribution in [0.2, 0.25) is 0 Å². The van der Waals surface area contributed by atoms with Gasteiger partial charge in [-0.15, -0.1) is 11.3 Å². The standard InChI is InChI=1S/C21H22N2O5S/c1-10-4-6-14-16(8-10)29-20-17(14)19(25)22-18(23-20)11(2)28-21(26)13-7-5-12(27-3)9-15(13)24/h5,7,9-11,24H,4,6,8H2,1-3H3,(H,22,23,25)/t10-,11-/m0/s1. The van der Waals surface area contributed by atoms with Crippen LogP contribution < -0.4 is 10.3 Å². The van der Waals surface area contributed by atoms with Crippen LogP contribution in [0.4, 0.5) is 0 Å². The highest BCUT2D eigenvalue weighted by atomic mass is 32.1. The van der Waals surface area contributed by atoms with Crippen molar-refractivity contribution in [2.24, 2.45) is 5.92 Å². The predicted molar refractivity (Wildman–Crippen MR) is 110 cm³/mol. The first-order chi connectivity index (χ1) is 13.9. The number of nitrogens with one attached hydrogen (secondary N) is 1. The third-order valence-corrected chi connectivity index (χ3v) is 6.43. The smallest absolute Gasteiger partial charge is 0.342 e. The van der Waals surface area contributed by atoms with E-state index in [2.05, 4.69) is 16.9 Å². The van der Waals surface area contributed by atoms with Crippen LogP contribution >= 0.6 is 11.3 Å². The third-order valence-electron chi connectivity index (χ3n) is 5.28. The summed E-state index contributed by atoms with van der Waals surface area (Å²) in [6.45, 7) is 3.85. The number of aromatic hydroxyl groups is 1. The van der Waals surface area contributed by atoms with Crippen molar-refractivity contribution in [1.82, 2.24) is 9.97 Å². The van der Waals surface area contributed by atoms with Crippen molar-refractivity contribution in [3.8, 4) is 11.5 Å². The highest BCUT2D eigenvalue weighted by molar-refractivity contribution is 7.18. The molecule has 0 aliphatic heterocycles. The van der Waals surface area contributed by atoms with Crippen LogP contribution in [-0.2, 0) is 17.6 Å². The lowest BCUT2D eigenvalue weighted by atomic mass is 9.89. The number of carbonyl (C=O) groups excluding carboxylic acids is 1. The van der Waals surface area contributed by atoms with E-state index < -0.39 is 12.1 Å². The van der Waals surface area contributed by atoms with Gasteiger partial charge in [0.1, 0.15) is 21.9 Å². The molecule has 2 N–H and O–H groups in total. The third kappa shape index (κ3) is 3.60. The number of H-pyrrole nitrogens is 1. The van der Waals surface area contributed by atoms with Gasteiger partial charge in [0, 0.05) is 10.9 Å². The molecule has 2 heterocycles. The first kappa shape index (κ1) is 19.4. The van der Waals surface area contributed by atoms with Gasteiger partial charge in [-0.1, -0.05) is 6.92 Å².